The van der Waals surface area contributed by atoms with E-state index in [1.165, 1.54) is 0 Å². The molecule has 1 aliphatic carbocycles. The Kier molecular flexibility index (Phi) is 4.06. The molecule has 5 nitrogen and oxygen atoms in total. The van der Waals surface area contributed by atoms with Crippen LogP contribution in [-0.4, -0.2) is 43.0 Å². The van der Waals surface area contributed by atoms with Crippen molar-refractivity contribution in [2.45, 2.75) is 49.6 Å². The number of fused-ring (bicyclic) bond motifs is 2. The highest BCUT2D eigenvalue weighted by atomic mass is 32.2. The first-order valence-electron chi connectivity index (χ1n) is 8.56. The van der Waals surface area contributed by atoms with Crippen LogP contribution in [-0.2, 0) is 14.8 Å². The van der Waals surface area contributed by atoms with Gasteiger partial charge in [0.05, 0.1) is 24.3 Å². The number of para-hydroxylation sites is 1. The Hall–Kier alpha value is -1.50. The summed E-state index contributed by atoms with van der Waals surface area (Å²) >= 11 is 0. The van der Waals surface area contributed by atoms with E-state index >= 15 is 0 Å². The van der Waals surface area contributed by atoms with E-state index in [1.54, 1.807) is 22.6 Å². The molecule has 1 aliphatic heterocycles. The lowest BCUT2D eigenvalue weighted by molar-refractivity contribution is -0.0585. The molecule has 4 rings (SSSR count). The Morgan fingerprint density at radius 1 is 1.25 bits per heavy atom. The summed E-state index contributed by atoms with van der Waals surface area (Å²) in [5, 5.41) is 0.865. The Morgan fingerprint density at radius 2 is 2.08 bits per heavy atom. The van der Waals surface area contributed by atoms with Gasteiger partial charge in [0.25, 0.3) is 0 Å². The summed E-state index contributed by atoms with van der Waals surface area (Å²) in [6.07, 6.45) is 5.76. The standard InChI is InChI=1S/C18H22N2O3S/c1-13-11-14-5-4-8-17(18(14)19-12-13)24(21,22)20-9-10-23-16-7-3-2-6-15(16)20/h4-5,8,11-12,15-16H,2-3,6-7,9-10H2,1H3/t15-,16+/m1/s1. The van der Waals surface area contributed by atoms with Crippen LogP contribution < -0.4 is 0 Å². The average Bonchev–Trinajstić information content (AvgIpc) is 2.60. The number of pyridine rings is 1. The molecule has 0 unspecified atom stereocenters. The molecule has 0 radical (unpaired) electrons. The lowest BCUT2D eigenvalue weighted by atomic mass is 9.91. The Bertz CT molecular complexity index is 864. The molecular formula is C18H22N2O3S. The quantitative estimate of drug-likeness (QED) is 0.839. The van der Waals surface area contributed by atoms with Crippen molar-refractivity contribution >= 4 is 20.9 Å². The highest BCUT2D eigenvalue weighted by molar-refractivity contribution is 7.89. The van der Waals surface area contributed by atoms with Crippen molar-refractivity contribution in [1.29, 1.82) is 0 Å². The molecule has 128 valence electrons. The van der Waals surface area contributed by atoms with Crippen molar-refractivity contribution in [3.8, 4) is 0 Å². The molecule has 0 spiro atoms. The molecular weight excluding hydrogens is 324 g/mol. The van der Waals surface area contributed by atoms with Gasteiger partial charge in [-0.15, -0.1) is 0 Å². The van der Waals surface area contributed by atoms with Crippen LogP contribution in [0.5, 0.6) is 0 Å². The number of aromatic nitrogens is 1. The maximum absolute atomic E-state index is 13.4. The number of ether oxygens (including phenoxy) is 1. The van der Waals surface area contributed by atoms with Crippen LogP contribution in [0.1, 0.15) is 31.2 Å². The summed E-state index contributed by atoms with van der Waals surface area (Å²) in [4.78, 5) is 4.72. The van der Waals surface area contributed by atoms with Gasteiger partial charge in [-0.2, -0.15) is 4.31 Å². The summed E-state index contributed by atoms with van der Waals surface area (Å²) in [6.45, 7) is 2.85. The number of benzene rings is 1. The molecule has 1 saturated carbocycles. The molecule has 0 bridgehead atoms. The second kappa shape index (κ2) is 6.10. The van der Waals surface area contributed by atoms with Gasteiger partial charge in [0, 0.05) is 18.1 Å². The first-order chi connectivity index (χ1) is 11.6. The van der Waals surface area contributed by atoms with Crippen LogP contribution in [0.3, 0.4) is 0 Å². The predicted molar refractivity (Wildman–Crippen MR) is 92.4 cm³/mol. The third-order valence-electron chi connectivity index (χ3n) is 5.08. The number of morpholine rings is 1. The second-order valence-corrected chi connectivity index (χ2v) is 8.58. The molecule has 6 heteroatoms. The second-order valence-electron chi connectivity index (χ2n) is 6.72. The average molecular weight is 346 g/mol. The highest BCUT2D eigenvalue weighted by Gasteiger charge is 2.41. The van der Waals surface area contributed by atoms with E-state index in [0.717, 1.165) is 36.6 Å². The van der Waals surface area contributed by atoms with Crippen molar-refractivity contribution in [3.63, 3.8) is 0 Å². The minimum absolute atomic E-state index is 0.0347. The number of hydrogen-bond acceptors (Lipinski definition) is 4. The van der Waals surface area contributed by atoms with Crippen LogP contribution in [0, 0.1) is 6.92 Å². The largest absolute Gasteiger partial charge is 0.375 e. The van der Waals surface area contributed by atoms with E-state index in [2.05, 4.69) is 4.98 Å². The minimum atomic E-state index is -3.58. The third-order valence-corrected chi connectivity index (χ3v) is 7.03. The van der Waals surface area contributed by atoms with Crippen molar-refractivity contribution in [2.75, 3.05) is 13.2 Å². The van der Waals surface area contributed by atoms with E-state index in [9.17, 15) is 8.42 Å². The maximum Gasteiger partial charge on any atom is 0.245 e. The first kappa shape index (κ1) is 16.0. The topological polar surface area (TPSA) is 59.5 Å². The molecule has 1 aromatic carbocycles. The number of rotatable bonds is 2. The number of nitrogens with zero attached hydrogens (tertiary/aromatic N) is 2. The van der Waals surface area contributed by atoms with Gasteiger partial charge < -0.3 is 4.74 Å². The normalized spacial score (nSPS) is 25.5. The van der Waals surface area contributed by atoms with Crippen LogP contribution in [0.4, 0.5) is 0 Å². The zero-order chi connectivity index (χ0) is 16.7. The van der Waals surface area contributed by atoms with Crippen molar-refractivity contribution in [2.24, 2.45) is 0 Å². The fourth-order valence-corrected chi connectivity index (χ4v) is 5.77. The van der Waals surface area contributed by atoms with Crippen molar-refractivity contribution in [3.05, 3.63) is 36.0 Å². The van der Waals surface area contributed by atoms with Gasteiger partial charge in [-0.25, -0.2) is 8.42 Å². The van der Waals surface area contributed by atoms with Crippen LogP contribution in [0.15, 0.2) is 35.4 Å². The lowest BCUT2D eigenvalue weighted by Crippen LogP contribution is -2.54. The lowest BCUT2D eigenvalue weighted by Gasteiger charge is -2.42. The minimum Gasteiger partial charge on any atom is -0.375 e. The van der Waals surface area contributed by atoms with Crippen LogP contribution >= 0.6 is 0 Å². The summed E-state index contributed by atoms with van der Waals surface area (Å²) in [5.41, 5.74) is 1.58. The summed E-state index contributed by atoms with van der Waals surface area (Å²) in [5.74, 6) is 0. The van der Waals surface area contributed by atoms with Crippen LogP contribution in [0.2, 0.25) is 0 Å². The van der Waals surface area contributed by atoms with Gasteiger partial charge >= 0.3 is 0 Å². The first-order valence-corrected chi connectivity index (χ1v) is 10.0. The monoisotopic (exact) mass is 346 g/mol. The Morgan fingerprint density at radius 3 is 2.96 bits per heavy atom. The zero-order valence-electron chi connectivity index (χ0n) is 13.8. The maximum atomic E-state index is 13.4. The number of aryl methyl sites for hydroxylation is 1. The number of sulfonamides is 1. The summed E-state index contributed by atoms with van der Waals surface area (Å²) in [7, 11) is -3.58. The van der Waals surface area contributed by atoms with Gasteiger partial charge in [0.2, 0.25) is 10.0 Å². The van der Waals surface area contributed by atoms with Gasteiger partial charge in [0.15, 0.2) is 0 Å². The molecule has 24 heavy (non-hydrogen) atoms. The smallest absolute Gasteiger partial charge is 0.245 e. The molecule has 2 heterocycles. The Labute approximate surface area is 142 Å². The van der Waals surface area contributed by atoms with E-state index in [4.69, 9.17) is 4.74 Å². The molecule has 2 fully saturated rings. The zero-order valence-corrected chi connectivity index (χ0v) is 14.6. The Balaban J connectivity index is 1.80. The molecule has 2 aliphatic rings. The van der Waals surface area contributed by atoms with E-state index in [0.29, 0.717) is 23.6 Å². The van der Waals surface area contributed by atoms with E-state index < -0.39 is 10.0 Å². The van der Waals surface area contributed by atoms with Gasteiger partial charge in [-0.05, 0) is 37.5 Å². The SMILES string of the molecule is Cc1cnc2c(S(=O)(=O)N3CCO[C@H]4CCCC[C@H]43)cccc2c1. The van der Waals surface area contributed by atoms with E-state index in [1.807, 2.05) is 19.1 Å². The van der Waals surface area contributed by atoms with Gasteiger partial charge in [-0.1, -0.05) is 25.0 Å². The fraction of sp³-hybridized carbons (Fsp3) is 0.500. The fourth-order valence-electron chi connectivity index (χ4n) is 3.94. The van der Waals surface area contributed by atoms with Crippen molar-refractivity contribution in [1.82, 2.24) is 9.29 Å². The summed E-state index contributed by atoms with van der Waals surface area (Å²) in [6, 6.07) is 7.32. The van der Waals surface area contributed by atoms with E-state index in [-0.39, 0.29) is 12.1 Å². The molecule has 2 atom stereocenters. The predicted octanol–water partition coefficient (Wildman–Crippen LogP) is 2.88. The molecule has 1 aromatic heterocycles. The molecule has 1 saturated heterocycles. The molecule has 2 aromatic rings. The van der Waals surface area contributed by atoms with Crippen molar-refractivity contribution < 1.29 is 13.2 Å². The van der Waals surface area contributed by atoms with Gasteiger partial charge in [-0.3, -0.25) is 4.98 Å². The molecule has 0 amide bonds. The van der Waals surface area contributed by atoms with Crippen LogP contribution in [0.25, 0.3) is 10.9 Å². The molecule has 0 N–H and O–H groups in total. The van der Waals surface area contributed by atoms with Gasteiger partial charge in [0.1, 0.15) is 4.90 Å². The summed E-state index contributed by atoms with van der Waals surface area (Å²) < 4.78 is 34.2. The number of hydrogen-bond donors (Lipinski definition) is 0. The highest BCUT2D eigenvalue weighted by Crippen LogP contribution is 2.34. The third kappa shape index (κ3) is 2.62.